The molecule has 0 radical (unpaired) electrons. The van der Waals surface area contributed by atoms with Crippen LogP contribution in [0.25, 0.3) is 0 Å². The largest absolute Gasteiger partial charge is 0.459 e. The fourth-order valence-electron chi connectivity index (χ4n) is 3.22. The molecule has 33 heavy (non-hydrogen) atoms. The second kappa shape index (κ2) is 11.6. The van der Waals surface area contributed by atoms with Crippen molar-refractivity contribution in [1.82, 2.24) is 0 Å². The highest BCUT2D eigenvalue weighted by atomic mass is 31.2. The summed E-state index contributed by atoms with van der Waals surface area (Å²) in [4.78, 5) is 26.5. The van der Waals surface area contributed by atoms with Crippen molar-refractivity contribution < 1.29 is 37.4 Å². The molecule has 0 saturated carbocycles. The van der Waals surface area contributed by atoms with Gasteiger partial charge < -0.3 is 23.3 Å². The van der Waals surface area contributed by atoms with Crippen LogP contribution in [0.3, 0.4) is 0 Å². The number of rotatable bonds is 10. The Kier molecular flexibility index (Phi) is 9.37. The summed E-state index contributed by atoms with van der Waals surface area (Å²) in [6, 6.07) is 17.1. The van der Waals surface area contributed by atoms with Gasteiger partial charge in [0.2, 0.25) is 5.85 Å². The lowest BCUT2D eigenvalue weighted by atomic mass is 9.99. The van der Waals surface area contributed by atoms with Crippen molar-refractivity contribution in [1.29, 1.82) is 0 Å². The normalized spacial score (nSPS) is 14.7. The zero-order valence-corrected chi connectivity index (χ0v) is 20.6. The van der Waals surface area contributed by atoms with Crippen molar-refractivity contribution in [3.63, 3.8) is 0 Å². The van der Waals surface area contributed by atoms with Gasteiger partial charge in [-0.1, -0.05) is 60.7 Å². The summed E-state index contributed by atoms with van der Waals surface area (Å²) in [5, 5.41) is 0. The number of carbonyl (C=O) groups excluding carboxylic acids is 2. The summed E-state index contributed by atoms with van der Waals surface area (Å²) in [5.41, 5.74) is 0.108. The standard InChI is InChI=1S/C24H31O8P/c1-24(2,3)32-21(25)19(17-13-9-7-10-14-17)23(33(27,29-5)30-6)31-22(26)20(28-4)18-15-11-8-12-16-18/h7-16,19-20,23H,1-6H3/t19-,20+,23-/m1/s1. The van der Waals surface area contributed by atoms with Crippen LogP contribution in [0.1, 0.15) is 43.9 Å². The quantitative estimate of drug-likeness (QED) is 0.353. The van der Waals surface area contributed by atoms with Gasteiger partial charge in [0.1, 0.15) is 11.5 Å². The van der Waals surface area contributed by atoms with Crippen molar-refractivity contribution in [2.24, 2.45) is 0 Å². The van der Waals surface area contributed by atoms with Gasteiger partial charge in [-0.15, -0.1) is 0 Å². The van der Waals surface area contributed by atoms with E-state index in [2.05, 4.69) is 0 Å². The maximum Gasteiger partial charge on any atom is 0.371 e. The molecule has 0 spiro atoms. The summed E-state index contributed by atoms with van der Waals surface area (Å²) >= 11 is 0. The SMILES string of the molecule is CO[C@H](C(=O)O[C@@H]([C@@H](C(=O)OC(C)(C)C)c1ccccc1)P(=O)(OC)OC)c1ccccc1. The Morgan fingerprint density at radius 1 is 0.788 bits per heavy atom. The Hall–Kier alpha value is -2.51. The Labute approximate surface area is 194 Å². The minimum absolute atomic E-state index is 0.424. The van der Waals surface area contributed by atoms with E-state index in [1.807, 2.05) is 0 Å². The molecule has 8 nitrogen and oxygen atoms in total. The summed E-state index contributed by atoms with van der Waals surface area (Å²) in [6.45, 7) is 5.11. The number of methoxy groups -OCH3 is 1. The molecule has 0 amide bonds. The van der Waals surface area contributed by atoms with Gasteiger partial charge in [-0.25, -0.2) is 4.79 Å². The van der Waals surface area contributed by atoms with Crippen LogP contribution >= 0.6 is 7.60 Å². The Morgan fingerprint density at radius 2 is 1.27 bits per heavy atom. The second-order valence-corrected chi connectivity index (χ2v) is 10.5. The highest BCUT2D eigenvalue weighted by Gasteiger charge is 2.49. The molecular weight excluding hydrogens is 447 g/mol. The van der Waals surface area contributed by atoms with E-state index < -0.39 is 43.0 Å². The fraction of sp³-hybridized carbons (Fsp3) is 0.417. The summed E-state index contributed by atoms with van der Waals surface area (Å²) < 4.78 is 40.5. The highest BCUT2D eigenvalue weighted by molar-refractivity contribution is 7.54. The lowest BCUT2D eigenvalue weighted by Gasteiger charge is -2.32. The molecule has 0 N–H and O–H groups in total. The van der Waals surface area contributed by atoms with E-state index in [0.717, 1.165) is 14.2 Å². The topological polar surface area (TPSA) is 97.4 Å². The number of ether oxygens (including phenoxy) is 3. The van der Waals surface area contributed by atoms with E-state index in [0.29, 0.717) is 11.1 Å². The fourth-order valence-corrected chi connectivity index (χ4v) is 4.67. The smallest absolute Gasteiger partial charge is 0.371 e. The van der Waals surface area contributed by atoms with Crippen LogP contribution < -0.4 is 0 Å². The zero-order valence-electron chi connectivity index (χ0n) is 19.7. The Bertz CT molecular complexity index is 947. The number of benzene rings is 2. The Balaban J connectivity index is 2.56. The molecule has 0 unspecified atom stereocenters. The van der Waals surface area contributed by atoms with E-state index in [9.17, 15) is 14.2 Å². The third-order valence-corrected chi connectivity index (χ3v) is 6.76. The van der Waals surface area contributed by atoms with Crippen LogP contribution in [0.4, 0.5) is 0 Å². The summed E-state index contributed by atoms with van der Waals surface area (Å²) in [7, 11) is -0.457. The van der Waals surface area contributed by atoms with E-state index in [-0.39, 0.29) is 0 Å². The van der Waals surface area contributed by atoms with Crippen LogP contribution in [0.5, 0.6) is 0 Å². The van der Waals surface area contributed by atoms with Gasteiger partial charge >= 0.3 is 19.5 Å². The molecule has 9 heteroatoms. The summed E-state index contributed by atoms with van der Waals surface area (Å²) in [5.74, 6) is -4.51. The Morgan fingerprint density at radius 3 is 1.70 bits per heavy atom. The first-order valence-electron chi connectivity index (χ1n) is 10.3. The molecule has 0 heterocycles. The van der Waals surface area contributed by atoms with Gasteiger partial charge in [0.15, 0.2) is 6.10 Å². The average Bonchev–Trinajstić information content (AvgIpc) is 2.79. The van der Waals surface area contributed by atoms with Crippen LogP contribution in [0, 0.1) is 0 Å². The molecule has 0 aliphatic carbocycles. The molecule has 2 aromatic rings. The first kappa shape index (κ1) is 26.7. The minimum atomic E-state index is -4.13. The number of hydrogen-bond donors (Lipinski definition) is 0. The highest BCUT2D eigenvalue weighted by Crippen LogP contribution is 2.57. The van der Waals surface area contributed by atoms with Crippen LogP contribution in [-0.4, -0.2) is 44.7 Å². The van der Waals surface area contributed by atoms with E-state index in [4.69, 9.17) is 23.3 Å². The monoisotopic (exact) mass is 478 g/mol. The van der Waals surface area contributed by atoms with E-state index in [1.54, 1.807) is 81.4 Å². The molecular formula is C24H31O8P. The third kappa shape index (κ3) is 6.98. The molecule has 2 aromatic carbocycles. The van der Waals surface area contributed by atoms with Crippen LogP contribution in [-0.2, 0) is 37.4 Å². The molecule has 180 valence electrons. The molecule has 2 rings (SSSR count). The van der Waals surface area contributed by atoms with E-state index >= 15 is 0 Å². The van der Waals surface area contributed by atoms with E-state index in [1.165, 1.54) is 7.11 Å². The van der Waals surface area contributed by atoms with Crippen molar-refractivity contribution >= 4 is 19.5 Å². The molecule has 0 fully saturated rings. The lowest BCUT2D eigenvalue weighted by molar-refractivity contribution is -0.166. The van der Waals surface area contributed by atoms with Crippen molar-refractivity contribution in [3.05, 3.63) is 71.8 Å². The average molecular weight is 478 g/mol. The predicted molar refractivity (Wildman–Crippen MR) is 123 cm³/mol. The first-order valence-corrected chi connectivity index (χ1v) is 11.9. The molecule has 0 bridgehead atoms. The first-order chi connectivity index (χ1) is 15.6. The van der Waals surface area contributed by atoms with Crippen molar-refractivity contribution in [2.75, 3.05) is 21.3 Å². The van der Waals surface area contributed by atoms with Gasteiger partial charge in [0.25, 0.3) is 0 Å². The molecule has 0 aliphatic rings. The van der Waals surface area contributed by atoms with Crippen LogP contribution in [0.2, 0.25) is 0 Å². The van der Waals surface area contributed by atoms with Gasteiger partial charge in [-0.3, -0.25) is 9.36 Å². The lowest BCUT2D eigenvalue weighted by Crippen LogP contribution is -2.37. The minimum Gasteiger partial charge on any atom is -0.459 e. The van der Waals surface area contributed by atoms with Crippen molar-refractivity contribution in [3.8, 4) is 0 Å². The second-order valence-electron chi connectivity index (χ2n) is 8.18. The number of esters is 2. The van der Waals surface area contributed by atoms with Crippen LogP contribution in [0.15, 0.2) is 60.7 Å². The van der Waals surface area contributed by atoms with Gasteiger partial charge in [-0.2, -0.15) is 0 Å². The maximum atomic E-state index is 13.5. The molecule has 3 atom stereocenters. The molecule has 0 saturated heterocycles. The van der Waals surface area contributed by atoms with Crippen molar-refractivity contribution in [2.45, 2.75) is 44.2 Å². The third-order valence-electron chi connectivity index (χ3n) is 4.71. The van der Waals surface area contributed by atoms with Gasteiger partial charge in [-0.05, 0) is 31.9 Å². The van der Waals surface area contributed by atoms with Gasteiger partial charge in [0, 0.05) is 21.3 Å². The zero-order chi connectivity index (χ0) is 24.6. The maximum absolute atomic E-state index is 13.5. The van der Waals surface area contributed by atoms with Gasteiger partial charge in [0.05, 0.1) is 0 Å². The number of hydrogen-bond acceptors (Lipinski definition) is 8. The molecule has 0 aromatic heterocycles. The molecule has 0 aliphatic heterocycles. The number of carbonyl (C=O) groups is 2. The predicted octanol–water partition coefficient (Wildman–Crippen LogP) is 4.85. The summed E-state index contributed by atoms with van der Waals surface area (Å²) in [6.07, 6.45) is -1.12.